The zero-order valence-electron chi connectivity index (χ0n) is 10.3. The fourth-order valence-electron chi connectivity index (χ4n) is 2.22. The molecule has 0 fully saturated rings. The number of thiophene rings is 1. The lowest BCUT2D eigenvalue weighted by Gasteiger charge is -2.07. The van der Waals surface area contributed by atoms with Gasteiger partial charge >= 0.3 is 6.18 Å². The van der Waals surface area contributed by atoms with Crippen molar-refractivity contribution >= 4 is 33.8 Å². The van der Waals surface area contributed by atoms with Crippen molar-refractivity contribution in [2.45, 2.75) is 6.18 Å². The number of benzene rings is 1. The molecule has 21 heavy (non-hydrogen) atoms. The van der Waals surface area contributed by atoms with Crippen LogP contribution in [0.1, 0.15) is 10.4 Å². The second-order valence-electron chi connectivity index (χ2n) is 4.36. The number of nitrogens with one attached hydrogen (secondary N) is 1. The zero-order valence-corrected chi connectivity index (χ0v) is 11.8. The van der Waals surface area contributed by atoms with Gasteiger partial charge in [-0.2, -0.15) is 18.4 Å². The number of H-pyrrole nitrogens is 1. The van der Waals surface area contributed by atoms with Crippen LogP contribution < -0.4 is 0 Å². The summed E-state index contributed by atoms with van der Waals surface area (Å²) in [6, 6.07) is 6.38. The first kappa shape index (κ1) is 14.0. The number of alkyl halides is 3. The first-order valence-corrected chi connectivity index (χ1v) is 7.03. The molecule has 0 bridgehead atoms. The molecule has 106 valence electrons. The van der Waals surface area contributed by atoms with E-state index in [1.807, 2.05) is 6.07 Å². The normalized spacial score (nSPS) is 11.8. The number of halogens is 4. The summed E-state index contributed by atoms with van der Waals surface area (Å²) in [6.07, 6.45) is -2.93. The van der Waals surface area contributed by atoms with E-state index >= 15 is 0 Å². The van der Waals surface area contributed by atoms with Gasteiger partial charge in [0.05, 0.1) is 22.2 Å². The topological polar surface area (TPSA) is 39.6 Å². The molecule has 0 unspecified atom stereocenters. The van der Waals surface area contributed by atoms with Crippen LogP contribution >= 0.6 is 22.9 Å². The quantitative estimate of drug-likeness (QED) is 0.635. The number of rotatable bonds is 1. The fourth-order valence-corrected chi connectivity index (χ4v) is 3.27. The van der Waals surface area contributed by atoms with Gasteiger partial charge in [0.1, 0.15) is 4.88 Å². The van der Waals surface area contributed by atoms with Crippen LogP contribution in [0.25, 0.3) is 22.0 Å². The number of nitrogens with zero attached hydrogens (tertiary/aromatic N) is 1. The summed E-state index contributed by atoms with van der Waals surface area (Å²) in [5.41, 5.74) is 1.30. The largest absolute Gasteiger partial charge is 0.426 e. The predicted molar refractivity (Wildman–Crippen MR) is 76.3 cm³/mol. The summed E-state index contributed by atoms with van der Waals surface area (Å²) in [5.74, 6) is 0. The molecule has 0 spiro atoms. The molecule has 0 atom stereocenters. The first-order valence-electron chi connectivity index (χ1n) is 5.77. The van der Waals surface area contributed by atoms with Crippen LogP contribution in [0, 0.1) is 11.3 Å². The van der Waals surface area contributed by atoms with E-state index in [0.717, 1.165) is 0 Å². The van der Waals surface area contributed by atoms with Crippen molar-refractivity contribution < 1.29 is 13.2 Å². The van der Waals surface area contributed by atoms with E-state index in [-0.39, 0.29) is 5.56 Å². The number of hydrogen-bond donors (Lipinski definition) is 1. The van der Waals surface area contributed by atoms with Gasteiger partial charge in [-0.15, -0.1) is 11.3 Å². The first-order chi connectivity index (χ1) is 9.91. The van der Waals surface area contributed by atoms with Crippen molar-refractivity contribution in [3.63, 3.8) is 0 Å². The Morgan fingerprint density at radius 1 is 1.24 bits per heavy atom. The molecule has 1 aromatic carbocycles. The number of hydrogen-bond acceptors (Lipinski definition) is 2. The van der Waals surface area contributed by atoms with Crippen molar-refractivity contribution in [1.29, 1.82) is 5.26 Å². The van der Waals surface area contributed by atoms with Gasteiger partial charge in [-0.1, -0.05) is 11.6 Å². The molecule has 7 heteroatoms. The lowest BCUT2D eigenvalue weighted by atomic mass is 10.0. The molecule has 2 aromatic heterocycles. The molecule has 0 amide bonds. The van der Waals surface area contributed by atoms with Crippen molar-refractivity contribution in [1.82, 2.24) is 4.98 Å². The van der Waals surface area contributed by atoms with Gasteiger partial charge in [0.25, 0.3) is 0 Å². The summed E-state index contributed by atoms with van der Waals surface area (Å²) in [6.45, 7) is 0. The van der Waals surface area contributed by atoms with E-state index in [9.17, 15) is 13.2 Å². The fraction of sp³-hybridized carbons (Fsp3) is 0.0714. The van der Waals surface area contributed by atoms with Crippen molar-refractivity contribution in [2.24, 2.45) is 0 Å². The third-order valence-electron chi connectivity index (χ3n) is 3.08. The van der Waals surface area contributed by atoms with Crippen molar-refractivity contribution in [3.05, 3.63) is 45.2 Å². The van der Waals surface area contributed by atoms with Gasteiger partial charge in [0, 0.05) is 22.7 Å². The molecule has 3 aromatic rings. The highest BCUT2D eigenvalue weighted by atomic mass is 35.5. The van der Waals surface area contributed by atoms with Gasteiger partial charge in [-0.05, 0) is 23.6 Å². The average Bonchev–Trinajstić information content (AvgIpc) is 3.03. The SMILES string of the molecule is N#Cc1cc(Cl)c2[nH]cc(-c3ccsc3C(F)(F)F)c2c1. The van der Waals surface area contributed by atoms with E-state index in [1.165, 1.54) is 29.8 Å². The Morgan fingerprint density at radius 2 is 2.00 bits per heavy atom. The van der Waals surface area contributed by atoms with Crippen LogP contribution in [0.2, 0.25) is 5.02 Å². The number of fused-ring (bicyclic) bond motifs is 1. The Kier molecular flexibility index (Phi) is 3.19. The summed E-state index contributed by atoms with van der Waals surface area (Å²) >= 11 is 6.68. The van der Waals surface area contributed by atoms with Crippen LogP contribution in [-0.2, 0) is 6.18 Å². The maximum absolute atomic E-state index is 13.0. The van der Waals surface area contributed by atoms with E-state index in [0.29, 0.717) is 38.4 Å². The Balaban J connectivity index is 2.30. The number of aromatic amines is 1. The summed E-state index contributed by atoms with van der Waals surface area (Å²) in [5, 5.41) is 11.2. The predicted octanol–water partition coefficient (Wildman–Crippen LogP) is 5.44. The molecule has 0 saturated carbocycles. The Hall–Kier alpha value is -1.97. The van der Waals surface area contributed by atoms with Crippen LogP contribution in [0.5, 0.6) is 0 Å². The monoisotopic (exact) mass is 326 g/mol. The highest BCUT2D eigenvalue weighted by molar-refractivity contribution is 7.10. The van der Waals surface area contributed by atoms with Gasteiger partial charge in [-0.3, -0.25) is 0 Å². The Morgan fingerprint density at radius 3 is 2.67 bits per heavy atom. The van der Waals surface area contributed by atoms with Crippen LogP contribution in [0.4, 0.5) is 13.2 Å². The molecule has 1 N–H and O–H groups in total. The van der Waals surface area contributed by atoms with Gasteiger partial charge < -0.3 is 4.98 Å². The molecule has 0 aliphatic heterocycles. The maximum Gasteiger partial charge on any atom is 0.426 e. The highest BCUT2D eigenvalue weighted by Crippen LogP contribution is 2.43. The minimum Gasteiger partial charge on any atom is -0.359 e. The standard InChI is InChI=1S/C14H6ClF3N2S/c15-11-4-7(5-19)3-9-10(6-20-12(9)11)8-1-2-21-13(8)14(16,17)18/h1-4,6,20H. The van der Waals surface area contributed by atoms with Gasteiger partial charge in [-0.25, -0.2) is 0 Å². The smallest absolute Gasteiger partial charge is 0.359 e. The second-order valence-corrected chi connectivity index (χ2v) is 5.68. The summed E-state index contributed by atoms with van der Waals surface area (Å²) in [7, 11) is 0. The van der Waals surface area contributed by atoms with Crippen LogP contribution in [0.3, 0.4) is 0 Å². The summed E-state index contributed by atoms with van der Waals surface area (Å²) in [4.78, 5) is 2.21. The molecule has 0 radical (unpaired) electrons. The van der Waals surface area contributed by atoms with E-state index in [1.54, 1.807) is 0 Å². The molecule has 0 aliphatic rings. The van der Waals surface area contributed by atoms with Crippen molar-refractivity contribution in [3.8, 4) is 17.2 Å². The molecule has 2 nitrogen and oxygen atoms in total. The van der Waals surface area contributed by atoms with E-state index < -0.39 is 11.1 Å². The van der Waals surface area contributed by atoms with Crippen molar-refractivity contribution in [2.75, 3.05) is 0 Å². The maximum atomic E-state index is 13.0. The van der Waals surface area contributed by atoms with Gasteiger partial charge in [0.15, 0.2) is 0 Å². The lowest BCUT2D eigenvalue weighted by Crippen LogP contribution is -2.03. The summed E-state index contributed by atoms with van der Waals surface area (Å²) < 4.78 is 39.1. The Labute approximate surface area is 126 Å². The van der Waals surface area contributed by atoms with E-state index in [4.69, 9.17) is 16.9 Å². The number of aromatic nitrogens is 1. The number of nitriles is 1. The molecule has 3 rings (SSSR count). The lowest BCUT2D eigenvalue weighted by molar-refractivity contribution is -0.133. The molecule has 0 saturated heterocycles. The molecule has 0 aliphatic carbocycles. The molecular formula is C14H6ClF3N2S. The average molecular weight is 327 g/mol. The highest BCUT2D eigenvalue weighted by Gasteiger charge is 2.35. The minimum absolute atomic E-state index is 0.0879. The minimum atomic E-state index is -4.41. The zero-order chi connectivity index (χ0) is 15.2. The molecule has 2 heterocycles. The van der Waals surface area contributed by atoms with Crippen LogP contribution in [0.15, 0.2) is 29.8 Å². The third-order valence-corrected chi connectivity index (χ3v) is 4.34. The van der Waals surface area contributed by atoms with E-state index in [2.05, 4.69) is 4.98 Å². The third kappa shape index (κ3) is 2.28. The van der Waals surface area contributed by atoms with Crippen LogP contribution in [-0.4, -0.2) is 4.98 Å². The Bertz CT molecular complexity index is 871. The molecular weight excluding hydrogens is 321 g/mol. The van der Waals surface area contributed by atoms with Gasteiger partial charge in [0.2, 0.25) is 0 Å². The second kappa shape index (κ2) is 4.79.